The molecule has 2 aromatic carbocycles. The van der Waals surface area contributed by atoms with Crippen molar-refractivity contribution in [1.29, 1.82) is 0 Å². The van der Waals surface area contributed by atoms with Crippen LogP contribution < -0.4 is 10.1 Å². The van der Waals surface area contributed by atoms with Crippen LogP contribution in [0, 0.1) is 0 Å². The molecule has 3 aromatic rings. The van der Waals surface area contributed by atoms with Crippen molar-refractivity contribution in [2.75, 3.05) is 20.2 Å². The highest BCUT2D eigenvalue weighted by Crippen LogP contribution is 2.31. The maximum absolute atomic E-state index is 12.8. The van der Waals surface area contributed by atoms with Crippen LogP contribution in [-0.4, -0.2) is 53.7 Å². The molecule has 1 saturated heterocycles. The second-order valence-corrected chi connectivity index (χ2v) is 10.6. The molecule has 37 heavy (non-hydrogen) atoms. The SMILES string of the molecule is COc1ccc(C(=O)CCC(=O)N2CCC(c3nc(C(=O)NC4Cc5ccccc5C4)cs3)CC2)cc1. The maximum Gasteiger partial charge on any atom is 0.270 e. The van der Waals surface area contributed by atoms with Crippen LogP contribution in [0.5, 0.6) is 5.75 Å². The quantitative estimate of drug-likeness (QED) is 0.447. The van der Waals surface area contributed by atoms with Crippen LogP contribution in [0.25, 0.3) is 0 Å². The van der Waals surface area contributed by atoms with Gasteiger partial charge in [-0.3, -0.25) is 14.4 Å². The summed E-state index contributed by atoms with van der Waals surface area (Å²) in [5, 5.41) is 5.94. The molecule has 2 aliphatic rings. The number of amides is 2. The van der Waals surface area contributed by atoms with Crippen LogP contribution in [0.2, 0.25) is 0 Å². The molecule has 1 aromatic heterocycles. The van der Waals surface area contributed by atoms with Gasteiger partial charge in [0.2, 0.25) is 5.91 Å². The Balaban J connectivity index is 1.07. The number of carbonyl (C=O) groups excluding carboxylic acids is 3. The number of ether oxygens (including phenoxy) is 1. The molecule has 0 radical (unpaired) electrons. The summed E-state index contributed by atoms with van der Waals surface area (Å²) in [5.41, 5.74) is 3.68. The topological polar surface area (TPSA) is 88.6 Å². The Morgan fingerprint density at radius 2 is 1.68 bits per heavy atom. The van der Waals surface area contributed by atoms with Gasteiger partial charge in [0.05, 0.1) is 12.1 Å². The van der Waals surface area contributed by atoms with Crippen molar-refractivity contribution in [2.24, 2.45) is 0 Å². The number of hydrogen-bond acceptors (Lipinski definition) is 6. The summed E-state index contributed by atoms with van der Waals surface area (Å²) in [6, 6.07) is 15.4. The first-order valence-corrected chi connectivity index (χ1v) is 13.7. The molecule has 0 atom stereocenters. The van der Waals surface area contributed by atoms with E-state index in [0.29, 0.717) is 30.1 Å². The lowest BCUT2D eigenvalue weighted by molar-refractivity contribution is -0.132. The normalized spacial score (nSPS) is 15.9. The number of likely N-dealkylation sites (tertiary alicyclic amines) is 1. The number of Topliss-reactive ketones (excluding diaryl/α,β-unsaturated/α-hetero) is 1. The summed E-state index contributed by atoms with van der Waals surface area (Å²) in [6.45, 7) is 1.28. The zero-order chi connectivity index (χ0) is 25.8. The molecule has 0 saturated carbocycles. The minimum atomic E-state index is -0.116. The number of aromatic nitrogens is 1. The lowest BCUT2D eigenvalue weighted by atomic mass is 9.97. The van der Waals surface area contributed by atoms with E-state index in [1.165, 1.54) is 22.5 Å². The number of nitrogens with zero attached hydrogens (tertiary/aromatic N) is 2. The molecule has 7 nitrogen and oxygen atoms in total. The Hall–Kier alpha value is -3.52. The first-order chi connectivity index (χ1) is 18.0. The van der Waals surface area contributed by atoms with Crippen LogP contribution in [0.3, 0.4) is 0 Å². The second kappa shape index (κ2) is 11.3. The van der Waals surface area contributed by atoms with E-state index < -0.39 is 0 Å². The van der Waals surface area contributed by atoms with E-state index in [2.05, 4.69) is 22.4 Å². The van der Waals surface area contributed by atoms with Gasteiger partial charge in [-0.05, 0) is 61.1 Å². The van der Waals surface area contributed by atoms with Crippen molar-refractivity contribution in [3.8, 4) is 5.75 Å². The largest absolute Gasteiger partial charge is 0.497 e. The number of nitrogens with one attached hydrogen (secondary N) is 1. The van der Waals surface area contributed by atoms with E-state index in [1.54, 1.807) is 31.4 Å². The molecule has 0 bridgehead atoms. The number of rotatable bonds is 8. The van der Waals surface area contributed by atoms with Crippen LogP contribution >= 0.6 is 11.3 Å². The van der Waals surface area contributed by atoms with Gasteiger partial charge in [-0.2, -0.15) is 0 Å². The van der Waals surface area contributed by atoms with E-state index >= 15 is 0 Å². The fraction of sp³-hybridized carbons (Fsp3) is 0.379. The molecule has 192 valence electrons. The number of ketones is 1. The smallest absolute Gasteiger partial charge is 0.270 e. The molecule has 0 unspecified atom stereocenters. The number of hydrogen-bond donors (Lipinski definition) is 1. The number of carbonyl (C=O) groups is 3. The van der Waals surface area contributed by atoms with Gasteiger partial charge in [-0.25, -0.2) is 4.98 Å². The molecule has 0 spiro atoms. The van der Waals surface area contributed by atoms with Crippen molar-refractivity contribution in [2.45, 2.75) is 50.5 Å². The summed E-state index contributed by atoms with van der Waals surface area (Å²) < 4.78 is 5.12. The third-order valence-corrected chi connectivity index (χ3v) is 8.32. The Kier molecular flexibility index (Phi) is 7.65. The minimum absolute atomic E-state index is 0.0112. The second-order valence-electron chi connectivity index (χ2n) is 9.73. The summed E-state index contributed by atoms with van der Waals surface area (Å²) >= 11 is 1.52. The molecule has 2 amide bonds. The first kappa shape index (κ1) is 25.1. The van der Waals surface area contributed by atoms with E-state index in [4.69, 9.17) is 4.74 Å². The number of thiazole rings is 1. The Morgan fingerprint density at radius 1 is 1.00 bits per heavy atom. The highest BCUT2D eigenvalue weighted by Gasteiger charge is 2.28. The zero-order valence-electron chi connectivity index (χ0n) is 20.9. The fourth-order valence-corrected chi connectivity index (χ4v) is 6.15. The van der Waals surface area contributed by atoms with E-state index in [9.17, 15) is 14.4 Å². The van der Waals surface area contributed by atoms with Gasteiger partial charge in [0.1, 0.15) is 11.4 Å². The summed E-state index contributed by atoms with van der Waals surface area (Å²) in [5.74, 6) is 0.794. The Bertz CT molecular complexity index is 1250. The Labute approximate surface area is 220 Å². The number of piperidine rings is 1. The van der Waals surface area contributed by atoms with Gasteiger partial charge in [-0.15, -0.1) is 11.3 Å². The third-order valence-electron chi connectivity index (χ3n) is 7.32. The third kappa shape index (κ3) is 5.91. The van der Waals surface area contributed by atoms with E-state index in [-0.39, 0.29) is 42.4 Å². The van der Waals surface area contributed by atoms with Crippen molar-refractivity contribution >= 4 is 28.9 Å². The minimum Gasteiger partial charge on any atom is -0.497 e. The average molecular weight is 518 g/mol. The molecule has 1 N–H and O–H groups in total. The molecule has 8 heteroatoms. The van der Waals surface area contributed by atoms with Crippen molar-refractivity contribution < 1.29 is 19.1 Å². The molecule has 2 heterocycles. The molecule has 1 fully saturated rings. The molecular formula is C29H31N3O4S. The monoisotopic (exact) mass is 517 g/mol. The van der Waals surface area contributed by atoms with E-state index in [0.717, 1.165) is 30.7 Å². The van der Waals surface area contributed by atoms with Gasteiger partial charge in [0, 0.05) is 48.8 Å². The number of benzene rings is 2. The lowest BCUT2D eigenvalue weighted by Gasteiger charge is -2.31. The lowest BCUT2D eigenvalue weighted by Crippen LogP contribution is -2.38. The van der Waals surface area contributed by atoms with Crippen molar-refractivity contribution in [3.05, 3.63) is 81.3 Å². The molecule has 1 aliphatic carbocycles. The van der Waals surface area contributed by atoms with Gasteiger partial charge >= 0.3 is 0 Å². The summed E-state index contributed by atoms with van der Waals surface area (Å²) in [4.78, 5) is 44.4. The van der Waals surface area contributed by atoms with Crippen molar-refractivity contribution in [1.82, 2.24) is 15.2 Å². The Morgan fingerprint density at radius 3 is 2.32 bits per heavy atom. The van der Waals surface area contributed by atoms with Crippen LogP contribution in [0.15, 0.2) is 53.9 Å². The standard InChI is InChI=1S/C29H31N3O4S/c1-36-24-8-6-19(7-9-24)26(33)10-11-27(34)32-14-12-20(13-15-32)29-31-25(18-37-29)28(35)30-23-16-21-4-2-3-5-22(21)17-23/h2-9,18,20,23H,10-17H2,1H3,(H,30,35). The fourth-order valence-electron chi connectivity index (χ4n) is 5.18. The van der Waals surface area contributed by atoms with Crippen LogP contribution in [0.4, 0.5) is 0 Å². The molecule has 5 rings (SSSR count). The van der Waals surface area contributed by atoms with Gasteiger partial charge in [0.15, 0.2) is 5.78 Å². The predicted molar refractivity (Wildman–Crippen MR) is 142 cm³/mol. The van der Waals surface area contributed by atoms with E-state index in [1.807, 2.05) is 22.4 Å². The average Bonchev–Trinajstić information content (AvgIpc) is 3.59. The zero-order valence-corrected chi connectivity index (χ0v) is 21.8. The molecular weight excluding hydrogens is 486 g/mol. The summed E-state index contributed by atoms with van der Waals surface area (Å²) in [6.07, 6.45) is 3.74. The highest BCUT2D eigenvalue weighted by atomic mass is 32.1. The highest BCUT2D eigenvalue weighted by molar-refractivity contribution is 7.09. The first-order valence-electron chi connectivity index (χ1n) is 12.8. The van der Waals surface area contributed by atoms with Gasteiger partial charge in [-0.1, -0.05) is 24.3 Å². The van der Waals surface area contributed by atoms with Gasteiger partial charge in [0.25, 0.3) is 5.91 Å². The maximum atomic E-state index is 12.8. The summed E-state index contributed by atoms with van der Waals surface area (Å²) in [7, 11) is 1.58. The van der Waals surface area contributed by atoms with Crippen molar-refractivity contribution in [3.63, 3.8) is 0 Å². The number of methoxy groups -OCH3 is 1. The van der Waals surface area contributed by atoms with Crippen LogP contribution in [-0.2, 0) is 17.6 Å². The van der Waals surface area contributed by atoms with Gasteiger partial charge < -0.3 is 15.0 Å². The predicted octanol–water partition coefficient (Wildman–Crippen LogP) is 4.42. The molecule has 1 aliphatic heterocycles. The number of fused-ring (bicyclic) bond motifs is 1. The van der Waals surface area contributed by atoms with Crippen LogP contribution in [0.1, 0.15) is 68.6 Å².